The summed E-state index contributed by atoms with van der Waals surface area (Å²) in [7, 11) is 4.00. The molecule has 0 aliphatic heterocycles. The van der Waals surface area contributed by atoms with Gasteiger partial charge in [-0.2, -0.15) is 0 Å². The maximum absolute atomic E-state index is 10.5. The molecule has 1 heterocycles. The summed E-state index contributed by atoms with van der Waals surface area (Å²) in [4.78, 5) is 6.54. The zero-order chi connectivity index (χ0) is 14.1. The molecular weight excluding hydrogens is 268 g/mol. The van der Waals surface area contributed by atoms with Gasteiger partial charge in [0.25, 0.3) is 0 Å². The van der Waals surface area contributed by atoms with Gasteiger partial charge in [0.2, 0.25) is 0 Å². The van der Waals surface area contributed by atoms with Gasteiger partial charge < -0.3 is 10.0 Å². The predicted molar refractivity (Wildman–Crippen MR) is 84.5 cm³/mol. The summed E-state index contributed by atoms with van der Waals surface area (Å²) in [5, 5.41) is 11.2. The SMILES string of the molecule is CN(C)c1ccc(C(O)c2nc3ccccc3s2)cc1. The fourth-order valence-electron chi connectivity index (χ4n) is 2.10. The van der Waals surface area contributed by atoms with E-state index < -0.39 is 6.10 Å². The second kappa shape index (κ2) is 5.23. The molecule has 0 aliphatic rings. The van der Waals surface area contributed by atoms with Gasteiger partial charge >= 0.3 is 0 Å². The Labute approximate surface area is 122 Å². The average Bonchev–Trinajstić information content (AvgIpc) is 2.90. The van der Waals surface area contributed by atoms with Gasteiger partial charge in [-0.25, -0.2) is 4.98 Å². The number of anilines is 1. The molecule has 102 valence electrons. The van der Waals surface area contributed by atoms with E-state index in [0.29, 0.717) is 0 Å². The van der Waals surface area contributed by atoms with Gasteiger partial charge in [0.15, 0.2) is 0 Å². The fourth-order valence-corrected chi connectivity index (χ4v) is 3.09. The largest absolute Gasteiger partial charge is 0.381 e. The van der Waals surface area contributed by atoms with E-state index in [4.69, 9.17) is 0 Å². The minimum absolute atomic E-state index is 0.663. The molecule has 0 radical (unpaired) electrons. The fraction of sp³-hybridized carbons (Fsp3) is 0.188. The number of para-hydroxylation sites is 1. The van der Waals surface area contributed by atoms with Crippen LogP contribution in [0.2, 0.25) is 0 Å². The van der Waals surface area contributed by atoms with Crippen LogP contribution >= 0.6 is 11.3 Å². The molecule has 1 atom stereocenters. The first-order valence-corrected chi connectivity index (χ1v) is 7.27. The van der Waals surface area contributed by atoms with Crippen LogP contribution in [0, 0.1) is 0 Å². The Morgan fingerprint density at radius 3 is 2.40 bits per heavy atom. The van der Waals surface area contributed by atoms with Gasteiger partial charge in [-0.3, -0.25) is 0 Å². The summed E-state index contributed by atoms with van der Waals surface area (Å²) < 4.78 is 1.10. The van der Waals surface area contributed by atoms with Crippen LogP contribution in [0.3, 0.4) is 0 Å². The highest BCUT2D eigenvalue weighted by Gasteiger charge is 2.15. The summed E-state index contributed by atoms with van der Waals surface area (Å²) >= 11 is 1.54. The Hall–Kier alpha value is -1.91. The van der Waals surface area contributed by atoms with Crippen molar-refractivity contribution in [1.29, 1.82) is 0 Å². The molecule has 4 heteroatoms. The maximum Gasteiger partial charge on any atom is 0.131 e. The Morgan fingerprint density at radius 1 is 1.05 bits per heavy atom. The number of aromatic nitrogens is 1. The topological polar surface area (TPSA) is 36.4 Å². The second-order valence-corrected chi connectivity index (χ2v) is 5.97. The Kier molecular flexibility index (Phi) is 3.42. The van der Waals surface area contributed by atoms with Crippen molar-refractivity contribution in [3.63, 3.8) is 0 Å². The molecular formula is C16H16N2OS. The third-order valence-electron chi connectivity index (χ3n) is 3.27. The van der Waals surface area contributed by atoms with Crippen molar-refractivity contribution in [1.82, 2.24) is 4.98 Å². The van der Waals surface area contributed by atoms with Crippen molar-refractivity contribution in [3.05, 3.63) is 59.1 Å². The lowest BCUT2D eigenvalue weighted by Gasteiger charge is -2.14. The van der Waals surface area contributed by atoms with Crippen LogP contribution in [0.4, 0.5) is 5.69 Å². The van der Waals surface area contributed by atoms with E-state index in [2.05, 4.69) is 4.98 Å². The molecule has 0 fully saturated rings. The van der Waals surface area contributed by atoms with Gasteiger partial charge in [0.05, 0.1) is 10.2 Å². The van der Waals surface area contributed by atoms with Crippen LogP contribution in [-0.2, 0) is 0 Å². The lowest BCUT2D eigenvalue weighted by molar-refractivity contribution is 0.220. The monoisotopic (exact) mass is 284 g/mol. The molecule has 0 saturated carbocycles. The number of hydrogen-bond donors (Lipinski definition) is 1. The highest BCUT2D eigenvalue weighted by atomic mass is 32.1. The molecule has 3 rings (SSSR count). The number of benzene rings is 2. The van der Waals surface area contributed by atoms with Gasteiger partial charge in [-0.05, 0) is 29.8 Å². The Bertz CT molecular complexity index is 686. The van der Waals surface area contributed by atoms with Gasteiger partial charge in [-0.1, -0.05) is 24.3 Å². The number of aliphatic hydroxyl groups is 1. The first kappa shape index (κ1) is 13.1. The molecule has 1 aromatic heterocycles. The smallest absolute Gasteiger partial charge is 0.131 e. The second-order valence-electron chi connectivity index (χ2n) is 4.91. The van der Waals surface area contributed by atoms with Gasteiger partial charge in [-0.15, -0.1) is 11.3 Å². The average molecular weight is 284 g/mol. The van der Waals surface area contributed by atoms with Crippen molar-refractivity contribution < 1.29 is 5.11 Å². The highest BCUT2D eigenvalue weighted by molar-refractivity contribution is 7.18. The van der Waals surface area contributed by atoms with E-state index in [0.717, 1.165) is 26.5 Å². The van der Waals surface area contributed by atoms with Crippen molar-refractivity contribution in [2.24, 2.45) is 0 Å². The normalized spacial score (nSPS) is 12.6. The molecule has 0 spiro atoms. The van der Waals surface area contributed by atoms with E-state index >= 15 is 0 Å². The van der Waals surface area contributed by atoms with Crippen LogP contribution in [0.25, 0.3) is 10.2 Å². The van der Waals surface area contributed by atoms with Crippen LogP contribution in [0.1, 0.15) is 16.7 Å². The zero-order valence-electron chi connectivity index (χ0n) is 11.4. The van der Waals surface area contributed by atoms with Gasteiger partial charge in [0.1, 0.15) is 11.1 Å². The number of thiazole rings is 1. The summed E-state index contributed by atoms with van der Waals surface area (Å²) in [5.41, 5.74) is 2.93. The summed E-state index contributed by atoms with van der Waals surface area (Å²) in [6.07, 6.45) is -0.663. The Morgan fingerprint density at radius 2 is 1.75 bits per heavy atom. The molecule has 3 aromatic rings. The molecule has 20 heavy (non-hydrogen) atoms. The van der Waals surface area contributed by atoms with Crippen LogP contribution in [0.15, 0.2) is 48.5 Å². The lowest BCUT2D eigenvalue weighted by Crippen LogP contribution is -2.08. The Balaban J connectivity index is 1.93. The molecule has 2 aromatic carbocycles. The summed E-state index contributed by atoms with van der Waals surface area (Å²) in [6, 6.07) is 15.9. The van der Waals surface area contributed by atoms with E-state index in [-0.39, 0.29) is 0 Å². The van der Waals surface area contributed by atoms with Crippen molar-refractivity contribution in [2.45, 2.75) is 6.10 Å². The van der Waals surface area contributed by atoms with E-state index in [9.17, 15) is 5.11 Å². The van der Waals surface area contributed by atoms with Crippen molar-refractivity contribution >= 4 is 27.2 Å². The minimum Gasteiger partial charge on any atom is -0.381 e. The van der Waals surface area contributed by atoms with Crippen LogP contribution in [-0.4, -0.2) is 24.2 Å². The molecule has 0 bridgehead atoms. The summed E-state index contributed by atoms with van der Waals surface area (Å²) in [5.74, 6) is 0. The number of nitrogens with zero attached hydrogens (tertiary/aromatic N) is 2. The van der Waals surface area contributed by atoms with E-state index in [1.54, 1.807) is 0 Å². The molecule has 1 unspecified atom stereocenters. The molecule has 0 aliphatic carbocycles. The summed E-state index contributed by atoms with van der Waals surface area (Å²) in [6.45, 7) is 0. The third kappa shape index (κ3) is 2.40. The number of aliphatic hydroxyl groups excluding tert-OH is 1. The van der Waals surface area contributed by atoms with E-state index in [1.165, 1.54) is 11.3 Å². The van der Waals surface area contributed by atoms with Gasteiger partial charge in [0, 0.05) is 19.8 Å². The lowest BCUT2D eigenvalue weighted by atomic mass is 10.1. The third-order valence-corrected chi connectivity index (χ3v) is 4.36. The molecule has 3 nitrogen and oxygen atoms in total. The van der Waals surface area contributed by atoms with Crippen molar-refractivity contribution in [2.75, 3.05) is 19.0 Å². The van der Waals surface area contributed by atoms with Crippen LogP contribution in [0.5, 0.6) is 0 Å². The van der Waals surface area contributed by atoms with E-state index in [1.807, 2.05) is 67.5 Å². The minimum atomic E-state index is -0.663. The first-order valence-electron chi connectivity index (χ1n) is 6.46. The number of rotatable bonds is 3. The first-order chi connectivity index (χ1) is 9.65. The highest BCUT2D eigenvalue weighted by Crippen LogP contribution is 2.30. The van der Waals surface area contributed by atoms with Crippen LogP contribution < -0.4 is 4.90 Å². The zero-order valence-corrected chi connectivity index (χ0v) is 12.3. The number of fused-ring (bicyclic) bond motifs is 1. The predicted octanol–water partition coefficient (Wildman–Crippen LogP) is 3.44. The number of hydrogen-bond acceptors (Lipinski definition) is 4. The standard InChI is InChI=1S/C16H16N2OS/c1-18(2)12-9-7-11(8-10-12)15(19)16-17-13-5-3-4-6-14(13)20-16/h3-10,15,19H,1-2H3. The molecule has 0 amide bonds. The van der Waals surface area contributed by atoms with Crippen molar-refractivity contribution in [3.8, 4) is 0 Å². The quantitative estimate of drug-likeness (QED) is 0.800. The maximum atomic E-state index is 10.5. The molecule has 0 saturated heterocycles. The molecule has 1 N–H and O–H groups in total.